The maximum Gasteiger partial charge on any atom is 0.358 e. The van der Waals surface area contributed by atoms with Crippen molar-refractivity contribution >= 4 is 17.6 Å². The predicted octanol–water partition coefficient (Wildman–Crippen LogP) is 2.20. The molecule has 0 aliphatic rings. The lowest BCUT2D eigenvalue weighted by Gasteiger charge is -2.13. The molecule has 21 heavy (non-hydrogen) atoms. The molecule has 0 saturated heterocycles. The fourth-order valence-corrected chi connectivity index (χ4v) is 2.22. The lowest BCUT2D eigenvalue weighted by Crippen LogP contribution is -2.07. The number of aromatic nitrogens is 3. The first-order chi connectivity index (χ1) is 10.0. The van der Waals surface area contributed by atoms with E-state index in [1.165, 1.54) is 18.9 Å². The average molecular weight is 312 g/mol. The Morgan fingerprint density at radius 2 is 2.00 bits per heavy atom. The summed E-state index contributed by atoms with van der Waals surface area (Å²) >= 11 is 6.05. The zero-order valence-corrected chi connectivity index (χ0v) is 12.5. The fraction of sp³-hybridized carbons (Fsp3) is 0.308. The van der Waals surface area contributed by atoms with Crippen LogP contribution in [-0.2, 0) is 6.42 Å². The Bertz CT molecular complexity index is 684. The summed E-state index contributed by atoms with van der Waals surface area (Å²) in [5.41, 5.74) is 0.884. The number of halogens is 1. The number of hydrogen-bond donors (Lipinski definition) is 1. The third-order valence-corrected chi connectivity index (χ3v) is 3.28. The van der Waals surface area contributed by atoms with Gasteiger partial charge in [-0.05, 0) is 6.42 Å². The van der Waals surface area contributed by atoms with Gasteiger partial charge in [0.15, 0.2) is 5.69 Å². The van der Waals surface area contributed by atoms with Crippen LogP contribution in [0.1, 0.15) is 23.1 Å². The van der Waals surface area contributed by atoms with Gasteiger partial charge in [0.05, 0.1) is 24.9 Å². The molecule has 8 heteroatoms. The summed E-state index contributed by atoms with van der Waals surface area (Å²) < 4.78 is 11.9. The van der Waals surface area contributed by atoms with Gasteiger partial charge in [0.25, 0.3) is 0 Å². The second-order valence-electron chi connectivity index (χ2n) is 4.11. The monoisotopic (exact) mass is 311 g/mol. The normalized spacial score (nSPS) is 10.5. The summed E-state index contributed by atoms with van der Waals surface area (Å²) in [6, 6.07) is 3.21. The highest BCUT2D eigenvalue weighted by Gasteiger charge is 2.21. The number of carbonyl (C=O) groups is 1. The molecule has 0 amide bonds. The van der Waals surface area contributed by atoms with E-state index in [-0.39, 0.29) is 5.69 Å². The van der Waals surface area contributed by atoms with Crippen molar-refractivity contribution in [1.29, 1.82) is 0 Å². The lowest BCUT2D eigenvalue weighted by molar-refractivity contribution is 0.0689. The minimum Gasteiger partial charge on any atom is -0.495 e. The molecule has 0 fully saturated rings. The molecule has 1 heterocycles. The van der Waals surface area contributed by atoms with Gasteiger partial charge in [-0.2, -0.15) is 0 Å². The van der Waals surface area contributed by atoms with Crippen molar-refractivity contribution < 1.29 is 19.4 Å². The Hall–Kier alpha value is -2.28. The second kappa shape index (κ2) is 6.01. The number of nitrogens with zero attached hydrogens (tertiary/aromatic N) is 3. The highest BCUT2D eigenvalue weighted by atomic mass is 35.5. The quantitative estimate of drug-likeness (QED) is 0.911. The van der Waals surface area contributed by atoms with E-state index < -0.39 is 5.97 Å². The maximum atomic E-state index is 11.2. The molecule has 0 saturated carbocycles. The van der Waals surface area contributed by atoms with Crippen molar-refractivity contribution in [3.63, 3.8) is 0 Å². The van der Waals surface area contributed by atoms with Crippen molar-refractivity contribution in [2.75, 3.05) is 14.2 Å². The summed E-state index contributed by atoms with van der Waals surface area (Å²) in [5.74, 6) is -0.253. The summed E-state index contributed by atoms with van der Waals surface area (Å²) in [6.07, 6.45) is 0.447. The summed E-state index contributed by atoms with van der Waals surface area (Å²) in [4.78, 5) is 11.2. The van der Waals surface area contributed by atoms with Gasteiger partial charge >= 0.3 is 5.97 Å². The number of aromatic carboxylic acids is 1. The van der Waals surface area contributed by atoms with Crippen molar-refractivity contribution in [3.05, 3.63) is 28.5 Å². The first-order valence-electron chi connectivity index (χ1n) is 6.13. The van der Waals surface area contributed by atoms with Crippen molar-refractivity contribution in [2.24, 2.45) is 0 Å². The number of hydrogen-bond acceptors (Lipinski definition) is 5. The molecule has 7 nitrogen and oxygen atoms in total. The molecule has 112 valence electrons. The van der Waals surface area contributed by atoms with E-state index in [0.717, 1.165) is 0 Å². The number of ether oxygens (including phenoxy) is 2. The summed E-state index contributed by atoms with van der Waals surface area (Å²) in [5, 5.41) is 17.1. The Kier molecular flexibility index (Phi) is 4.32. The number of carboxylic acids is 1. The van der Waals surface area contributed by atoms with E-state index in [2.05, 4.69) is 10.3 Å². The Labute approximate surface area is 126 Å². The minimum atomic E-state index is -1.13. The van der Waals surface area contributed by atoms with Crippen LogP contribution in [0.4, 0.5) is 0 Å². The molecule has 0 bridgehead atoms. The molecular formula is C13H14ClN3O4. The minimum absolute atomic E-state index is 0.0894. The Morgan fingerprint density at radius 1 is 1.33 bits per heavy atom. The van der Waals surface area contributed by atoms with Crippen LogP contribution in [0.3, 0.4) is 0 Å². The van der Waals surface area contributed by atoms with Crippen molar-refractivity contribution in [2.45, 2.75) is 13.3 Å². The predicted molar refractivity (Wildman–Crippen MR) is 75.8 cm³/mol. The van der Waals surface area contributed by atoms with Gasteiger partial charge in [-0.1, -0.05) is 23.7 Å². The maximum absolute atomic E-state index is 11.2. The van der Waals surface area contributed by atoms with Gasteiger partial charge < -0.3 is 14.6 Å². The van der Waals surface area contributed by atoms with Gasteiger partial charge in [0, 0.05) is 12.1 Å². The first-order valence-corrected chi connectivity index (χ1v) is 6.51. The zero-order valence-electron chi connectivity index (χ0n) is 11.8. The fourth-order valence-electron chi connectivity index (χ4n) is 1.99. The third kappa shape index (κ3) is 2.64. The SMILES string of the molecule is CCc1c(C(=O)O)nnn1-c1cc(OC)c(Cl)cc1OC. The molecule has 0 atom stereocenters. The molecule has 1 N–H and O–H groups in total. The topological polar surface area (TPSA) is 86.5 Å². The molecule has 0 spiro atoms. The highest BCUT2D eigenvalue weighted by molar-refractivity contribution is 6.32. The van der Waals surface area contributed by atoms with Crippen LogP contribution in [0.25, 0.3) is 5.69 Å². The largest absolute Gasteiger partial charge is 0.495 e. The first kappa shape index (κ1) is 15.1. The Morgan fingerprint density at radius 3 is 2.52 bits per heavy atom. The van der Waals surface area contributed by atoms with Crippen LogP contribution in [0.5, 0.6) is 11.5 Å². The van der Waals surface area contributed by atoms with Gasteiger partial charge in [-0.25, -0.2) is 9.48 Å². The van der Waals surface area contributed by atoms with Crippen LogP contribution in [0, 0.1) is 0 Å². The molecule has 0 aliphatic heterocycles. The van der Waals surface area contributed by atoms with E-state index in [0.29, 0.717) is 34.3 Å². The van der Waals surface area contributed by atoms with Gasteiger partial charge in [0.2, 0.25) is 0 Å². The summed E-state index contributed by atoms with van der Waals surface area (Å²) in [7, 11) is 2.98. The summed E-state index contributed by atoms with van der Waals surface area (Å²) in [6.45, 7) is 1.82. The molecule has 2 aromatic rings. The van der Waals surface area contributed by atoms with E-state index in [4.69, 9.17) is 26.2 Å². The number of methoxy groups -OCH3 is 2. The molecule has 0 unspecified atom stereocenters. The lowest BCUT2D eigenvalue weighted by atomic mass is 10.2. The molecule has 2 rings (SSSR count). The van der Waals surface area contributed by atoms with Gasteiger partial charge in [-0.15, -0.1) is 5.10 Å². The molecule has 0 radical (unpaired) electrons. The van der Waals surface area contributed by atoms with E-state index >= 15 is 0 Å². The molecule has 0 aliphatic carbocycles. The standard InChI is InChI=1S/C13H14ClN3O4/c1-4-8-12(13(18)19)15-16-17(8)9-6-10(20-2)7(14)5-11(9)21-3/h5-6H,4H2,1-3H3,(H,18,19). The average Bonchev–Trinajstić information content (AvgIpc) is 2.90. The van der Waals surface area contributed by atoms with Crippen LogP contribution in [0.2, 0.25) is 5.02 Å². The van der Waals surface area contributed by atoms with Gasteiger partial charge in [0.1, 0.15) is 17.2 Å². The second-order valence-corrected chi connectivity index (χ2v) is 4.52. The Balaban J connectivity index is 2.68. The molecule has 1 aromatic carbocycles. The van der Waals surface area contributed by atoms with Crippen molar-refractivity contribution in [3.8, 4) is 17.2 Å². The van der Waals surface area contributed by atoms with Gasteiger partial charge in [-0.3, -0.25) is 0 Å². The smallest absolute Gasteiger partial charge is 0.358 e. The van der Waals surface area contributed by atoms with E-state index in [1.54, 1.807) is 12.1 Å². The third-order valence-electron chi connectivity index (χ3n) is 2.98. The number of rotatable bonds is 5. The number of benzene rings is 1. The van der Waals surface area contributed by atoms with E-state index in [9.17, 15) is 4.79 Å². The number of carboxylic acid groups (broad SMARTS) is 1. The highest BCUT2D eigenvalue weighted by Crippen LogP contribution is 2.35. The van der Waals surface area contributed by atoms with Crippen LogP contribution < -0.4 is 9.47 Å². The molecular weight excluding hydrogens is 298 g/mol. The van der Waals surface area contributed by atoms with Crippen LogP contribution >= 0.6 is 11.6 Å². The zero-order chi connectivity index (χ0) is 15.6. The van der Waals surface area contributed by atoms with Crippen molar-refractivity contribution in [1.82, 2.24) is 15.0 Å². The van der Waals surface area contributed by atoms with E-state index in [1.807, 2.05) is 6.92 Å². The van der Waals surface area contributed by atoms with Crippen LogP contribution in [0.15, 0.2) is 12.1 Å². The molecule has 1 aromatic heterocycles. The van der Waals surface area contributed by atoms with Crippen LogP contribution in [-0.4, -0.2) is 40.3 Å².